The minimum Gasteiger partial charge on any atom is -0.454 e. The van der Waals surface area contributed by atoms with E-state index in [1.807, 2.05) is 55.1 Å². The molecule has 4 aliphatic rings. The minimum absolute atomic E-state index is 0.0179. The minimum atomic E-state index is -1.04. The van der Waals surface area contributed by atoms with E-state index in [1.165, 1.54) is 12.1 Å². The molecule has 2 saturated carbocycles. The van der Waals surface area contributed by atoms with Gasteiger partial charge in [0.15, 0.2) is 11.6 Å². The molecule has 0 spiro atoms. The van der Waals surface area contributed by atoms with Gasteiger partial charge in [0.25, 0.3) is 11.8 Å². The Morgan fingerprint density at radius 2 is 1.16 bits per heavy atom. The van der Waals surface area contributed by atoms with Crippen molar-refractivity contribution >= 4 is 61.2 Å². The Morgan fingerprint density at radius 1 is 0.657 bits per heavy atom. The van der Waals surface area contributed by atoms with Crippen LogP contribution in [0.25, 0.3) is 33.4 Å². The molecule has 4 fully saturated rings. The third-order valence-corrected chi connectivity index (χ3v) is 14.0. The summed E-state index contributed by atoms with van der Waals surface area (Å²) in [5.74, 6) is -0.830. The maximum atomic E-state index is 14.4. The van der Waals surface area contributed by atoms with Crippen LogP contribution < -0.4 is 26.0 Å². The third kappa shape index (κ3) is 11.0. The normalized spacial score (nSPS) is 16.4. The van der Waals surface area contributed by atoms with Crippen molar-refractivity contribution in [1.82, 2.24) is 29.7 Å². The number of rotatable bonds is 14. The summed E-state index contributed by atoms with van der Waals surface area (Å²) in [7, 11) is 0. The van der Waals surface area contributed by atoms with Gasteiger partial charge in [-0.2, -0.15) is 4.39 Å². The predicted molar refractivity (Wildman–Crippen MR) is 271 cm³/mol. The van der Waals surface area contributed by atoms with E-state index in [2.05, 4.69) is 64.9 Å². The van der Waals surface area contributed by atoms with Crippen LogP contribution in [-0.4, -0.2) is 82.5 Å². The summed E-state index contributed by atoms with van der Waals surface area (Å²) in [5.41, 5.74) is 10.2. The van der Waals surface area contributed by atoms with Crippen LogP contribution in [0, 0.1) is 37.3 Å². The van der Waals surface area contributed by atoms with Crippen LogP contribution in [0.1, 0.15) is 83.2 Å². The smallest absolute Gasteiger partial charge is 0.251 e. The van der Waals surface area contributed by atoms with Crippen molar-refractivity contribution in [2.45, 2.75) is 77.3 Å². The molecule has 0 bridgehead atoms. The number of fused-ring (bicyclic) bond motifs is 2. The first kappa shape index (κ1) is 47.3. The molecule has 70 heavy (non-hydrogen) atoms. The summed E-state index contributed by atoms with van der Waals surface area (Å²) >= 11 is 3.66. The Labute approximate surface area is 413 Å². The second-order valence-corrected chi connectivity index (χ2v) is 19.8. The molecule has 0 radical (unpaired) electrons. The van der Waals surface area contributed by atoms with E-state index in [4.69, 9.17) is 19.2 Å². The standard InChI is InChI=1S/C30H30F2N4O3.C24H27BrN4O2/c1-18-13-21(7-8-23(18)30(37)35-20-5-6-20)36-17-34-29-25(33-16-19-9-11-38-12-10-19)14-22(15-26(29)36)39-27-4-2-3-24(31)28(27)32;1-15-10-19(4-5-20(15)24(30)28-18-2-3-18)29-14-27-23-21(11-17(25)12-22(23)29)26-13-16-6-8-31-9-7-16/h2-4,7-8,13-15,17,19-20,33H,5-6,9-12,16H2,1H3,(H,35,37);4-5,10-12,14,16,18,26H,2-3,6-9,13H2,1H3,(H,28,30). The Hall–Kier alpha value is -6.36. The maximum absolute atomic E-state index is 14.4. The lowest BCUT2D eigenvalue weighted by Crippen LogP contribution is -2.26. The summed E-state index contributed by atoms with van der Waals surface area (Å²) in [6.07, 6.45) is 11.9. The van der Waals surface area contributed by atoms with Crippen LogP contribution in [-0.2, 0) is 9.47 Å². The molecule has 4 N–H and O–H groups in total. The largest absolute Gasteiger partial charge is 0.454 e. The van der Waals surface area contributed by atoms with Crippen molar-refractivity contribution in [3.8, 4) is 22.9 Å². The molecule has 0 atom stereocenters. The first-order chi connectivity index (χ1) is 34.0. The number of ether oxygens (including phenoxy) is 3. The number of carbonyl (C=O) groups is 2. The lowest BCUT2D eigenvalue weighted by atomic mass is 10.0. The molecular weight excluding hydrogens is 959 g/mol. The molecule has 2 saturated heterocycles. The van der Waals surface area contributed by atoms with E-state index in [1.54, 1.807) is 18.5 Å². The van der Waals surface area contributed by atoms with Crippen molar-refractivity contribution < 1.29 is 32.6 Å². The van der Waals surface area contributed by atoms with Gasteiger partial charge in [-0.1, -0.05) is 22.0 Å². The molecular formula is C54H57BrF2N8O5. The summed E-state index contributed by atoms with van der Waals surface area (Å²) < 4.78 is 50.1. The van der Waals surface area contributed by atoms with Gasteiger partial charge in [-0.3, -0.25) is 18.7 Å². The van der Waals surface area contributed by atoms with Crippen LogP contribution in [0.3, 0.4) is 0 Å². The van der Waals surface area contributed by atoms with E-state index in [0.717, 1.165) is 163 Å². The molecule has 11 rings (SSSR count). The summed E-state index contributed by atoms with van der Waals surface area (Å²) in [5, 5.41) is 13.2. The molecule has 4 heterocycles. The highest BCUT2D eigenvalue weighted by Crippen LogP contribution is 2.36. The second-order valence-electron chi connectivity index (χ2n) is 18.9. The van der Waals surface area contributed by atoms with Crippen molar-refractivity contribution in [3.63, 3.8) is 0 Å². The highest BCUT2D eigenvalue weighted by Gasteiger charge is 2.26. The topological polar surface area (TPSA) is 146 Å². The first-order valence-electron chi connectivity index (χ1n) is 24.3. The highest BCUT2D eigenvalue weighted by molar-refractivity contribution is 9.10. The third-order valence-electron chi connectivity index (χ3n) is 13.5. The number of hydrogen-bond donors (Lipinski definition) is 4. The Kier molecular flexibility index (Phi) is 14.1. The van der Waals surface area contributed by atoms with Gasteiger partial charge in [0.1, 0.15) is 29.4 Å². The number of benzene rings is 5. The predicted octanol–water partition coefficient (Wildman–Crippen LogP) is 11.0. The van der Waals surface area contributed by atoms with E-state index >= 15 is 0 Å². The van der Waals surface area contributed by atoms with Crippen molar-refractivity contribution in [1.29, 1.82) is 0 Å². The highest BCUT2D eigenvalue weighted by atomic mass is 79.9. The van der Waals surface area contributed by atoms with Crippen LogP contribution in [0.15, 0.2) is 96.0 Å². The van der Waals surface area contributed by atoms with Gasteiger partial charge in [0.2, 0.25) is 5.82 Å². The van der Waals surface area contributed by atoms with Crippen LogP contribution >= 0.6 is 15.9 Å². The quantitative estimate of drug-likeness (QED) is 0.0836. The Morgan fingerprint density at radius 3 is 1.66 bits per heavy atom. The van der Waals surface area contributed by atoms with Gasteiger partial charge in [-0.15, -0.1) is 0 Å². The zero-order valence-electron chi connectivity index (χ0n) is 39.3. The van der Waals surface area contributed by atoms with Gasteiger partial charge in [-0.05, 0) is 149 Å². The van der Waals surface area contributed by atoms with E-state index in [0.29, 0.717) is 29.2 Å². The average molecular weight is 1020 g/mol. The molecule has 2 aliphatic carbocycles. The number of nitrogens with one attached hydrogen (secondary N) is 4. The monoisotopic (exact) mass is 1010 g/mol. The maximum Gasteiger partial charge on any atom is 0.251 e. The van der Waals surface area contributed by atoms with Gasteiger partial charge in [-0.25, -0.2) is 14.4 Å². The van der Waals surface area contributed by atoms with Crippen LogP contribution in [0.5, 0.6) is 11.5 Å². The zero-order valence-corrected chi connectivity index (χ0v) is 40.9. The molecule has 2 amide bonds. The number of aromatic nitrogens is 4. The molecule has 5 aromatic carbocycles. The van der Waals surface area contributed by atoms with E-state index < -0.39 is 11.6 Å². The van der Waals surface area contributed by atoms with Crippen molar-refractivity contribution in [3.05, 3.63) is 130 Å². The van der Waals surface area contributed by atoms with Crippen molar-refractivity contribution in [2.24, 2.45) is 11.8 Å². The number of amides is 2. The number of aryl methyl sites for hydroxylation is 2. The number of halogens is 3. The summed E-state index contributed by atoms with van der Waals surface area (Å²) in [6, 6.07) is 23.8. The Bertz CT molecular complexity index is 3050. The first-order valence-corrected chi connectivity index (χ1v) is 25.1. The number of carbonyl (C=O) groups excluding carboxylic acids is 2. The molecule has 16 heteroatoms. The second kappa shape index (κ2) is 20.9. The molecule has 0 unspecified atom stereocenters. The fraction of sp³-hybridized carbons (Fsp3) is 0.370. The number of hydrogen-bond acceptors (Lipinski definition) is 9. The fourth-order valence-electron chi connectivity index (χ4n) is 9.10. The molecule has 2 aliphatic heterocycles. The molecule has 2 aromatic heterocycles. The number of imidazole rings is 2. The van der Waals surface area contributed by atoms with Crippen LogP contribution in [0.2, 0.25) is 0 Å². The number of anilines is 2. The SMILES string of the molecule is Cc1cc(-n2cnc3c(NCC4CCOCC4)cc(Br)cc32)ccc1C(=O)NC1CC1.Cc1cc(-n2cnc3c(NCC4CCOCC4)cc(Oc4cccc(F)c4F)cc32)ccc1C(=O)NC1CC1. The molecule has 7 aromatic rings. The molecule has 364 valence electrons. The molecule has 13 nitrogen and oxygen atoms in total. The van der Waals surface area contributed by atoms with Gasteiger partial charge in [0.05, 0.1) is 22.4 Å². The van der Waals surface area contributed by atoms with E-state index in [9.17, 15) is 18.4 Å². The Balaban J connectivity index is 0.000000166. The zero-order chi connectivity index (χ0) is 48.3. The van der Waals surface area contributed by atoms with Crippen LogP contribution in [0.4, 0.5) is 20.2 Å². The lowest BCUT2D eigenvalue weighted by molar-refractivity contribution is 0.0698. The summed E-state index contributed by atoms with van der Waals surface area (Å²) in [6.45, 7) is 8.73. The number of nitrogens with zero attached hydrogens (tertiary/aromatic N) is 4. The van der Waals surface area contributed by atoms with Gasteiger partial charge < -0.3 is 35.5 Å². The average Bonchev–Trinajstić information content (AvgIpc) is 4.28. The van der Waals surface area contributed by atoms with Gasteiger partial charge >= 0.3 is 0 Å². The van der Waals surface area contributed by atoms with Crippen molar-refractivity contribution in [2.75, 3.05) is 50.2 Å². The summed E-state index contributed by atoms with van der Waals surface area (Å²) in [4.78, 5) is 34.5. The lowest BCUT2D eigenvalue weighted by Gasteiger charge is -2.23. The fourth-order valence-corrected chi connectivity index (χ4v) is 9.54. The van der Waals surface area contributed by atoms with Gasteiger partial charge in [0, 0.05) is 90.7 Å². The van der Waals surface area contributed by atoms with E-state index in [-0.39, 0.29) is 23.6 Å².